The van der Waals surface area contributed by atoms with E-state index in [1.807, 2.05) is 30.3 Å². The molecule has 0 aliphatic rings. The highest BCUT2D eigenvalue weighted by Gasteiger charge is 2.08. The fraction of sp³-hybridized carbons (Fsp3) is 0.609. The van der Waals surface area contributed by atoms with Crippen molar-refractivity contribution in [1.29, 1.82) is 0 Å². The molecule has 0 aliphatic heterocycles. The fourth-order valence-corrected chi connectivity index (χ4v) is 3.42. The summed E-state index contributed by atoms with van der Waals surface area (Å²) in [5.41, 5.74) is 2.30. The maximum Gasteiger partial charge on any atom is 0.191 e. The van der Waals surface area contributed by atoms with Gasteiger partial charge in [-0.15, -0.1) is 10.2 Å². The number of nitrogens with one attached hydrogen (secondary N) is 2. The predicted octanol–water partition coefficient (Wildman–Crippen LogP) is 3.99. The molecule has 2 aromatic rings. The number of aromatic nitrogens is 3. The Labute approximate surface area is 191 Å². The number of aryl methyl sites for hydroxylation is 2. The Kier molecular flexibility index (Phi) is 11.3. The molecule has 0 fully saturated rings. The van der Waals surface area contributed by atoms with Crippen LogP contribution in [-0.4, -0.2) is 45.9 Å². The van der Waals surface area contributed by atoms with Gasteiger partial charge in [-0.05, 0) is 50.3 Å². The lowest BCUT2D eigenvalue weighted by Gasteiger charge is -2.14. The topological polar surface area (TPSA) is 76.4 Å². The van der Waals surface area contributed by atoms with Gasteiger partial charge in [-0.1, -0.05) is 31.9 Å². The molecule has 0 aliphatic carbocycles. The number of ether oxygens (including phenoxy) is 1. The van der Waals surface area contributed by atoms with E-state index in [1.165, 1.54) is 18.4 Å². The van der Waals surface area contributed by atoms with Crippen molar-refractivity contribution in [2.75, 3.05) is 25.2 Å². The lowest BCUT2D eigenvalue weighted by Crippen LogP contribution is -2.38. The zero-order valence-corrected chi connectivity index (χ0v) is 20.5. The zero-order chi connectivity index (χ0) is 22.5. The van der Waals surface area contributed by atoms with Crippen molar-refractivity contribution in [3.8, 4) is 5.75 Å². The first-order valence-electron chi connectivity index (χ1n) is 11.1. The zero-order valence-electron chi connectivity index (χ0n) is 19.7. The molecule has 1 aromatic heterocycles. The van der Waals surface area contributed by atoms with Crippen LogP contribution in [0, 0.1) is 13.8 Å². The Balaban J connectivity index is 2.06. The Morgan fingerprint density at radius 2 is 2.00 bits per heavy atom. The predicted molar refractivity (Wildman–Crippen MR) is 131 cm³/mol. The second-order valence-electron chi connectivity index (χ2n) is 7.68. The molecule has 7 nitrogen and oxygen atoms in total. The summed E-state index contributed by atoms with van der Waals surface area (Å²) in [5, 5.41) is 15.2. The normalized spacial score (nSPS) is 11.6. The molecular formula is C23H38N6OS. The molecule has 2 rings (SSSR count). The molecule has 0 spiro atoms. The standard InChI is InChI=1S/C23H38N6OS/c1-6-7-8-13-30-21-15-18(2)10-11-20(21)16-25-23(24-12-9-14-31-5)26-17-22-28-27-19(3)29(22)4/h10-11,15H,6-9,12-14,16-17H2,1-5H3,(H2,24,25,26). The minimum absolute atomic E-state index is 0.555. The van der Waals surface area contributed by atoms with Crippen molar-refractivity contribution < 1.29 is 4.74 Å². The Morgan fingerprint density at radius 1 is 1.16 bits per heavy atom. The number of guanidine groups is 1. The van der Waals surface area contributed by atoms with Crippen LogP contribution in [0.25, 0.3) is 0 Å². The van der Waals surface area contributed by atoms with Gasteiger partial charge in [0.05, 0.1) is 19.7 Å². The molecule has 31 heavy (non-hydrogen) atoms. The van der Waals surface area contributed by atoms with Gasteiger partial charge in [0, 0.05) is 19.2 Å². The molecule has 172 valence electrons. The van der Waals surface area contributed by atoms with Crippen LogP contribution >= 0.6 is 11.8 Å². The average Bonchev–Trinajstić information content (AvgIpc) is 3.08. The minimum atomic E-state index is 0.555. The van der Waals surface area contributed by atoms with E-state index in [4.69, 9.17) is 9.73 Å². The Bertz CT molecular complexity index is 820. The van der Waals surface area contributed by atoms with Crippen molar-refractivity contribution in [2.45, 2.75) is 59.5 Å². The molecule has 0 amide bonds. The Hall–Kier alpha value is -2.22. The first-order valence-corrected chi connectivity index (χ1v) is 12.5. The van der Waals surface area contributed by atoms with E-state index in [0.29, 0.717) is 13.1 Å². The van der Waals surface area contributed by atoms with Crippen LogP contribution in [0.5, 0.6) is 5.75 Å². The van der Waals surface area contributed by atoms with Crippen LogP contribution in [0.2, 0.25) is 0 Å². The molecule has 0 saturated heterocycles. The third-order valence-electron chi connectivity index (χ3n) is 5.05. The lowest BCUT2D eigenvalue weighted by atomic mass is 10.1. The van der Waals surface area contributed by atoms with Gasteiger partial charge in [-0.3, -0.25) is 0 Å². The van der Waals surface area contributed by atoms with Gasteiger partial charge >= 0.3 is 0 Å². The summed E-state index contributed by atoms with van der Waals surface area (Å²) in [6, 6.07) is 6.34. The van der Waals surface area contributed by atoms with Gasteiger partial charge in [-0.25, -0.2) is 4.99 Å². The third-order valence-corrected chi connectivity index (χ3v) is 5.75. The van der Waals surface area contributed by atoms with Gasteiger partial charge < -0.3 is 19.9 Å². The number of hydrogen-bond donors (Lipinski definition) is 2. The van der Waals surface area contributed by atoms with Crippen LogP contribution < -0.4 is 15.4 Å². The van der Waals surface area contributed by atoms with Crippen molar-refractivity contribution in [1.82, 2.24) is 25.4 Å². The lowest BCUT2D eigenvalue weighted by molar-refractivity contribution is 0.303. The van der Waals surface area contributed by atoms with E-state index in [-0.39, 0.29) is 0 Å². The van der Waals surface area contributed by atoms with Crippen molar-refractivity contribution in [2.24, 2.45) is 12.0 Å². The number of nitrogens with zero attached hydrogens (tertiary/aromatic N) is 4. The average molecular weight is 447 g/mol. The van der Waals surface area contributed by atoms with Gasteiger partial charge in [0.25, 0.3) is 0 Å². The van der Waals surface area contributed by atoms with Gasteiger partial charge in [0.15, 0.2) is 11.8 Å². The highest BCUT2D eigenvalue weighted by atomic mass is 32.2. The molecule has 8 heteroatoms. The largest absolute Gasteiger partial charge is 0.493 e. The highest BCUT2D eigenvalue weighted by molar-refractivity contribution is 7.98. The second kappa shape index (κ2) is 14.0. The number of aliphatic imine (C=N–C) groups is 1. The van der Waals surface area contributed by atoms with Crippen LogP contribution in [0.4, 0.5) is 0 Å². The summed E-state index contributed by atoms with van der Waals surface area (Å²) >= 11 is 1.85. The van der Waals surface area contributed by atoms with Gasteiger partial charge in [0.1, 0.15) is 11.6 Å². The number of thioether (sulfide) groups is 1. The third kappa shape index (κ3) is 8.81. The smallest absolute Gasteiger partial charge is 0.191 e. The van der Waals surface area contributed by atoms with Crippen molar-refractivity contribution >= 4 is 17.7 Å². The first-order chi connectivity index (χ1) is 15.0. The minimum Gasteiger partial charge on any atom is -0.493 e. The van der Waals surface area contributed by atoms with E-state index < -0.39 is 0 Å². The molecule has 0 radical (unpaired) electrons. The molecule has 2 N–H and O–H groups in total. The summed E-state index contributed by atoms with van der Waals surface area (Å²) in [4.78, 5) is 4.83. The van der Waals surface area contributed by atoms with Crippen molar-refractivity contribution in [3.05, 3.63) is 41.0 Å². The Morgan fingerprint density at radius 3 is 2.71 bits per heavy atom. The molecule has 1 aromatic carbocycles. The number of benzene rings is 1. The summed E-state index contributed by atoms with van der Waals surface area (Å²) in [7, 11) is 1.98. The maximum atomic E-state index is 6.08. The number of rotatable bonds is 13. The van der Waals surface area contributed by atoms with E-state index >= 15 is 0 Å². The molecule has 0 saturated carbocycles. The molecule has 0 bridgehead atoms. The molecule has 0 unspecified atom stereocenters. The van der Waals surface area contributed by atoms with Crippen LogP contribution in [0.15, 0.2) is 23.2 Å². The maximum absolute atomic E-state index is 6.08. The van der Waals surface area contributed by atoms with E-state index in [0.717, 1.165) is 60.7 Å². The van der Waals surface area contributed by atoms with Crippen LogP contribution in [-0.2, 0) is 20.1 Å². The quantitative estimate of drug-likeness (QED) is 0.275. The summed E-state index contributed by atoms with van der Waals surface area (Å²) in [6.45, 7) is 8.99. The fourth-order valence-electron chi connectivity index (χ4n) is 2.99. The summed E-state index contributed by atoms with van der Waals surface area (Å²) in [6.07, 6.45) is 6.67. The van der Waals surface area contributed by atoms with E-state index in [1.54, 1.807) is 0 Å². The second-order valence-corrected chi connectivity index (χ2v) is 8.67. The monoisotopic (exact) mass is 446 g/mol. The molecule has 1 heterocycles. The first kappa shape index (κ1) is 25.0. The van der Waals surface area contributed by atoms with E-state index in [9.17, 15) is 0 Å². The number of unbranched alkanes of at least 4 members (excludes halogenated alkanes) is 2. The number of hydrogen-bond acceptors (Lipinski definition) is 5. The highest BCUT2D eigenvalue weighted by Crippen LogP contribution is 2.21. The molecular weight excluding hydrogens is 408 g/mol. The van der Waals surface area contributed by atoms with Crippen molar-refractivity contribution in [3.63, 3.8) is 0 Å². The van der Waals surface area contributed by atoms with Crippen LogP contribution in [0.1, 0.15) is 55.4 Å². The summed E-state index contributed by atoms with van der Waals surface area (Å²) in [5.74, 6) is 4.61. The van der Waals surface area contributed by atoms with Crippen LogP contribution in [0.3, 0.4) is 0 Å². The van der Waals surface area contributed by atoms with Gasteiger partial charge in [-0.2, -0.15) is 11.8 Å². The summed E-state index contributed by atoms with van der Waals surface area (Å²) < 4.78 is 8.07. The molecule has 0 atom stereocenters. The SMILES string of the molecule is CCCCCOc1cc(C)ccc1CN=C(NCCCSC)NCc1nnc(C)n1C. The van der Waals surface area contributed by atoms with E-state index in [2.05, 4.69) is 59.1 Å². The van der Waals surface area contributed by atoms with Gasteiger partial charge in [0.2, 0.25) is 0 Å².